The normalized spacial score (nSPS) is 19.2. The molecule has 0 saturated heterocycles. The molecule has 2 aliphatic rings. The highest BCUT2D eigenvalue weighted by Gasteiger charge is 2.32. The summed E-state index contributed by atoms with van der Waals surface area (Å²) in [7, 11) is 1.87. The first-order chi connectivity index (χ1) is 14.6. The molecule has 1 amide bonds. The number of nitrogens with zero attached hydrogens (tertiary/aromatic N) is 4. The van der Waals surface area contributed by atoms with E-state index in [4.69, 9.17) is 20.4 Å². The van der Waals surface area contributed by atoms with E-state index in [1.165, 1.54) is 29.7 Å². The number of nitrogens with two attached hydrogens (primary N) is 1. The number of aryl methyl sites for hydroxylation is 2. The predicted molar refractivity (Wildman–Crippen MR) is 116 cm³/mol. The van der Waals surface area contributed by atoms with Gasteiger partial charge in [-0.3, -0.25) is 9.48 Å². The molecular weight excluding hydrogens is 400 g/mol. The number of thiophene rings is 1. The van der Waals surface area contributed by atoms with Crippen LogP contribution in [0.25, 0.3) is 10.2 Å². The lowest BCUT2D eigenvalue weighted by Gasteiger charge is -2.23. The number of ether oxygens (including phenoxy) is 1. The van der Waals surface area contributed by atoms with Crippen molar-refractivity contribution in [3.8, 4) is 5.88 Å². The quantitative estimate of drug-likeness (QED) is 0.621. The van der Waals surface area contributed by atoms with Crippen molar-refractivity contribution in [1.82, 2.24) is 19.7 Å². The van der Waals surface area contributed by atoms with E-state index < -0.39 is 0 Å². The molecular formula is C21H26N6O2S. The minimum Gasteiger partial charge on any atom is -0.474 e. The van der Waals surface area contributed by atoms with E-state index in [9.17, 15) is 4.79 Å². The number of aromatic nitrogens is 4. The summed E-state index contributed by atoms with van der Waals surface area (Å²) in [6.45, 7) is 0. The highest BCUT2D eigenvalue weighted by atomic mass is 32.1. The van der Waals surface area contributed by atoms with Crippen molar-refractivity contribution >= 4 is 39.1 Å². The number of carbonyl (C=O) groups excluding carboxylic acids is 1. The van der Waals surface area contributed by atoms with Crippen LogP contribution in [0.5, 0.6) is 5.88 Å². The van der Waals surface area contributed by atoms with Crippen LogP contribution in [0.2, 0.25) is 0 Å². The lowest BCUT2D eigenvalue weighted by molar-refractivity contribution is -0.118. The molecule has 0 spiro atoms. The Labute approximate surface area is 178 Å². The molecule has 0 radical (unpaired) electrons. The van der Waals surface area contributed by atoms with E-state index in [2.05, 4.69) is 10.4 Å². The van der Waals surface area contributed by atoms with Gasteiger partial charge < -0.3 is 15.8 Å². The highest BCUT2D eigenvalue weighted by molar-refractivity contribution is 7.19. The van der Waals surface area contributed by atoms with Gasteiger partial charge in [0, 0.05) is 24.5 Å². The lowest BCUT2D eigenvalue weighted by Crippen LogP contribution is -2.20. The zero-order valence-corrected chi connectivity index (χ0v) is 17.9. The maximum atomic E-state index is 11.6. The molecule has 3 aromatic rings. The second-order valence-corrected chi connectivity index (χ2v) is 9.37. The van der Waals surface area contributed by atoms with Gasteiger partial charge in [0.2, 0.25) is 17.7 Å². The average Bonchev–Trinajstić information content (AvgIpc) is 3.38. The van der Waals surface area contributed by atoms with E-state index >= 15 is 0 Å². The molecule has 1 atom stereocenters. The van der Waals surface area contributed by atoms with Crippen molar-refractivity contribution in [2.75, 3.05) is 5.32 Å². The molecule has 3 aromatic heterocycles. The van der Waals surface area contributed by atoms with Crippen LogP contribution in [0.15, 0.2) is 12.4 Å². The topological polar surface area (TPSA) is 108 Å². The summed E-state index contributed by atoms with van der Waals surface area (Å²) in [6.07, 6.45) is 11.8. The van der Waals surface area contributed by atoms with Crippen LogP contribution in [-0.4, -0.2) is 31.8 Å². The fraction of sp³-hybridized carbons (Fsp3) is 0.524. The highest BCUT2D eigenvalue weighted by Crippen LogP contribution is 2.48. The first-order valence-corrected chi connectivity index (χ1v) is 11.4. The Morgan fingerprint density at radius 3 is 2.87 bits per heavy atom. The monoisotopic (exact) mass is 426 g/mol. The smallest absolute Gasteiger partial charge is 0.232 e. The van der Waals surface area contributed by atoms with Gasteiger partial charge in [-0.05, 0) is 50.0 Å². The summed E-state index contributed by atoms with van der Waals surface area (Å²) in [5.41, 5.74) is 7.53. The van der Waals surface area contributed by atoms with Gasteiger partial charge >= 0.3 is 0 Å². The maximum absolute atomic E-state index is 11.6. The number of amides is 1. The van der Waals surface area contributed by atoms with E-state index in [1.807, 2.05) is 13.2 Å². The number of anilines is 2. The third kappa shape index (κ3) is 3.74. The molecule has 1 fully saturated rings. The van der Waals surface area contributed by atoms with Crippen LogP contribution in [0.1, 0.15) is 61.3 Å². The zero-order valence-electron chi connectivity index (χ0n) is 17.1. The Balaban J connectivity index is 1.56. The number of hydrogen-bond acceptors (Lipinski definition) is 7. The molecule has 158 valence electrons. The SMILES string of the molecule is Cn1cc(Nc2nc(OC3CCCCC3)c3c4c(sc3n2)CC[C@H]4CC(N)=O)cn1. The van der Waals surface area contributed by atoms with Gasteiger partial charge in [-0.1, -0.05) is 6.42 Å². The van der Waals surface area contributed by atoms with Crippen molar-refractivity contribution in [2.24, 2.45) is 12.8 Å². The lowest BCUT2D eigenvalue weighted by atomic mass is 9.96. The first-order valence-electron chi connectivity index (χ1n) is 10.6. The van der Waals surface area contributed by atoms with E-state index in [1.54, 1.807) is 22.2 Å². The fourth-order valence-electron chi connectivity index (χ4n) is 4.65. The predicted octanol–water partition coefficient (Wildman–Crippen LogP) is 3.79. The number of nitrogens with one attached hydrogen (secondary N) is 1. The molecule has 0 unspecified atom stereocenters. The molecule has 3 N–H and O–H groups in total. The molecule has 30 heavy (non-hydrogen) atoms. The van der Waals surface area contributed by atoms with Gasteiger partial charge in [0.1, 0.15) is 10.9 Å². The second-order valence-electron chi connectivity index (χ2n) is 8.28. The van der Waals surface area contributed by atoms with Gasteiger partial charge in [-0.15, -0.1) is 11.3 Å². The number of hydrogen-bond donors (Lipinski definition) is 2. The minimum atomic E-state index is -0.266. The molecule has 2 aliphatic carbocycles. The minimum absolute atomic E-state index is 0.126. The van der Waals surface area contributed by atoms with Crippen molar-refractivity contribution < 1.29 is 9.53 Å². The molecule has 1 saturated carbocycles. The summed E-state index contributed by atoms with van der Waals surface area (Å²) in [4.78, 5) is 23.4. The molecule has 0 aromatic carbocycles. The number of carbonyl (C=O) groups is 1. The van der Waals surface area contributed by atoms with Crippen LogP contribution in [0, 0.1) is 0 Å². The first kappa shape index (κ1) is 19.3. The average molecular weight is 427 g/mol. The Morgan fingerprint density at radius 2 is 2.13 bits per heavy atom. The molecule has 0 aliphatic heterocycles. The Bertz CT molecular complexity index is 1080. The van der Waals surface area contributed by atoms with Crippen LogP contribution >= 0.6 is 11.3 Å². The van der Waals surface area contributed by atoms with Crippen molar-refractivity contribution in [1.29, 1.82) is 0 Å². The summed E-state index contributed by atoms with van der Waals surface area (Å²) in [5.74, 6) is 0.998. The molecule has 5 rings (SSSR count). The van der Waals surface area contributed by atoms with E-state index in [-0.39, 0.29) is 17.9 Å². The van der Waals surface area contributed by atoms with E-state index in [0.717, 1.165) is 41.6 Å². The largest absolute Gasteiger partial charge is 0.474 e. The van der Waals surface area contributed by atoms with Crippen LogP contribution in [0.3, 0.4) is 0 Å². The van der Waals surface area contributed by atoms with Crippen molar-refractivity contribution in [2.45, 2.75) is 63.4 Å². The number of fused-ring (bicyclic) bond motifs is 3. The van der Waals surface area contributed by atoms with E-state index in [0.29, 0.717) is 18.2 Å². The third-order valence-corrected chi connectivity index (χ3v) is 7.16. The molecule has 9 heteroatoms. The summed E-state index contributed by atoms with van der Waals surface area (Å²) >= 11 is 1.68. The Kier molecular flexibility index (Phi) is 5.06. The standard InChI is InChI=1S/C21H26N6O2S/c1-27-11-13(10-23-27)24-21-25-19(29-14-5-3-2-4-6-14)18-17-12(9-16(22)28)7-8-15(17)30-20(18)26-21/h10-12,14H,2-9H2,1H3,(H2,22,28)(H,24,25,26)/t12-/m0/s1. The van der Waals surface area contributed by atoms with Gasteiger partial charge in [-0.2, -0.15) is 10.1 Å². The summed E-state index contributed by atoms with van der Waals surface area (Å²) in [5, 5.41) is 8.42. The Hall–Kier alpha value is -2.68. The zero-order chi connectivity index (χ0) is 20.7. The van der Waals surface area contributed by atoms with Crippen LogP contribution in [0.4, 0.5) is 11.6 Å². The van der Waals surface area contributed by atoms with Gasteiger partial charge in [0.15, 0.2) is 0 Å². The third-order valence-electron chi connectivity index (χ3n) is 6.00. The maximum Gasteiger partial charge on any atom is 0.232 e. The van der Waals surface area contributed by atoms with Crippen molar-refractivity contribution in [3.05, 3.63) is 22.8 Å². The molecule has 8 nitrogen and oxygen atoms in total. The van der Waals surface area contributed by atoms with Crippen LogP contribution < -0.4 is 15.8 Å². The van der Waals surface area contributed by atoms with Gasteiger partial charge in [0.25, 0.3) is 0 Å². The molecule has 0 bridgehead atoms. The van der Waals surface area contributed by atoms with Gasteiger partial charge in [-0.25, -0.2) is 4.98 Å². The number of rotatable bonds is 6. The van der Waals surface area contributed by atoms with Crippen molar-refractivity contribution in [3.63, 3.8) is 0 Å². The molecule has 3 heterocycles. The number of primary amides is 1. The Morgan fingerprint density at radius 1 is 1.30 bits per heavy atom. The summed E-state index contributed by atoms with van der Waals surface area (Å²) < 4.78 is 8.20. The van der Waals surface area contributed by atoms with Crippen LogP contribution in [-0.2, 0) is 18.3 Å². The fourth-order valence-corrected chi connectivity index (χ4v) is 5.91. The summed E-state index contributed by atoms with van der Waals surface area (Å²) in [6, 6.07) is 0. The van der Waals surface area contributed by atoms with Gasteiger partial charge in [0.05, 0.1) is 17.3 Å². The second kappa shape index (κ2) is 7.86.